The molecule has 3 rings (SSSR count). The number of nitrogens with zero attached hydrogens (tertiary/aromatic N) is 1. The summed E-state index contributed by atoms with van der Waals surface area (Å²) < 4.78 is 6.13. The molecular formula is C22H23BrN2O4. The van der Waals surface area contributed by atoms with Crippen LogP contribution in [0.5, 0.6) is 0 Å². The first kappa shape index (κ1) is 21.0. The smallest absolute Gasteiger partial charge is 0.311 e. The Kier molecular flexibility index (Phi) is 6.37. The van der Waals surface area contributed by atoms with Crippen LogP contribution < -0.4 is 10.2 Å². The van der Waals surface area contributed by atoms with Gasteiger partial charge >= 0.3 is 5.97 Å². The van der Waals surface area contributed by atoms with Gasteiger partial charge in [-0.05, 0) is 56.2 Å². The van der Waals surface area contributed by atoms with E-state index in [1.54, 1.807) is 11.0 Å². The second-order valence-electron chi connectivity index (χ2n) is 7.24. The molecule has 0 aromatic heterocycles. The number of rotatable bonds is 5. The van der Waals surface area contributed by atoms with Crippen LogP contribution >= 0.6 is 15.9 Å². The van der Waals surface area contributed by atoms with Gasteiger partial charge in [0.25, 0.3) is 5.91 Å². The summed E-state index contributed by atoms with van der Waals surface area (Å²) in [5.41, 5.74) is 4.50. The summed E-state index contributed by atoms with van der Waals surface area (Å²) in [6.07, 6.45) is 0.0827. The van der Waals surface area contributed by atoms with Crippen molar-refractivity contribution in [3.05, 3.63) is 57.6 Å². The van der Waals surface area contributed by atoms with E-state index in [0.717, 1.165) is 26.9 Å². The van der Waals surface area contributed by atoms with Gasteiger partial charge < -0.3 is 15.0 Å². The molecule has 0 radical (unpaired) electrons. The predicted molar refractivity (Wildman–Crippen MR) is 115 cm³/mol. The standard InChI is InChI=1S/C22H23BrN2O4/c1-13-4-6-17(7-5-13)25-11-16(10-21(25)27)22(28)29-12-20(26)24-19-9-8-18(23)14(2)15(19)3/h4-9,16H,10-12H2,1-3H3,(H,24,26)/t16-/m1/s1. The molecule has 1 fully saturated rings. The van der Waals surface area contributed by atoms with Crippen LogP contribution in [-0.2, 0) is 19.1 Å². The topological polar surface area (TPSA) is 75.7 Å². The Balaban J connectivity index is 1.54. The van der Waals surface area contributed by atoms with E-state index in [9.17, 15) is 14.4 Å². The zero-order valence-corrected chi connectivity index (χ0v) is 18.2. The number of aryl methyl sites for hydroxylation is 1. The highest BCUT2D eigenvalue weighted by molar-refractivity contribution is 9.10. The van der Waals surface area contributed by atoms with Crippen LogP contribution in [0.25, 0.3) is 0 Å². The quantitative estimate of drug-likeness (QED) is 0.689. The number of anilines is 2. The lowest BCUT2D eigenvalue weighted by Gasteiger charge is -2.16. The Morgan fingerprint density at radius 3 is 2.48 bits per heavy atom. The van der Waals surface area contributed by atoms with Crippen molar-refractivity contribution in [2.75, 3.05) is 23.4 Å². The van der Waals surface area contributed by atoms with Crippen molar-refractivity contribution < 1.29 is 19.1 Å². The fraction of sp³-hybridized carbons (Fsp3) is 0.318. The molecule has 0 saturated carbocycles. The van der Waals surface area contributed by atoms with Crippen LogP contribution in [-0.4, -0.2) is 30.9 Å². The Morgan fingerprint density at radius 2 is 1.79 bits per heavy atom. The fourth-order valence-electron chi connectivity index (χ4n) is 3.20. The van der Waals surface area contributed by atoms with Crippen molar-refractivity contribution in [3.8, 4) is 0 Å². The number of halogens is 1. The number of amides is 2. The lowest BCUT2D eigenvalue weighted by atomic mass is 10.1. The molecule has 2 amide bonds. The van der Waals surface area contributed by atoms with Crippen molar-refractivity contribution in [1.29, 1.82) is 0 Å². The molecule has 6 nitrogen and oxygen atoms in total. The van der Waals surface area contributed by atoms with Crippen LogP contribution in [0.3, 0.4) is 0 Å². The summed E-state index contributed by atoms with van der Waals surface area (Å²) in [4.78, 5) is 38.4. The largest absolute Gasteiger partial charge is 0.455 e. The summed E-state index contributed by atoms with van der Waals surface area (Å²) in [5, 5.41) is 2.76. The van der Waals surface area contributed by atoms with Gasteiger partial charge in [0, 0.05) is 28.8 Å². The number of benzene rings is 2. The van der Waals surface area contributed by atoms with E-state index >= 15 is 0 Å². The van der Waals surface area contributed by atoms with E-state index in [0.29, 0.717) is 5.69 Å². The fourth-order valence-corrected chi connectivity index (χ4v) is 3.63. The Labute approximate surface area is 178 Å². The monoisotopic (exact) mass is 458 g/mol. The molecular weight excluding hydrogens is 436 g/mol. The summed E-state index contributed by atoms with van der Waals surface area (Å²) >= 11 is 3.45. The highest BCUT2D eigenvalue weighted by atomic mass is 79.9. The van der Waals surface area contributed by atoms with Crippen LogP contribution in [0.1, 0.15) is 23.1 Å². The Morgan fingerprint density at radius 1 is 1.10 bits per heavy atom. The number of hydrogen-bond donors (Lipinski definition) is 1. The van der Waals surface area contributed by atoms with Crippen molar-refractivity contribution in [2.45, 2.75) is 27.2 Å². The van der Waals surface area contributed by atoms with E-state index in [-0.39, 0.29) is 25.5 Å². The van der Waals surface area contributed by atoms with Gasteiger partial charge in [0.15, 0.2) is 6.61 Å². The Bertz CT molecular complexity index is 956. The number of nitrogens with one attached hydrogen (secondary N) is 1. The first-order valence-corrected chi connectivity index (χ1v) is 10.1. The minimum absolute atomic E-state index is 0.0827. The second kappa shape index (κ2) is 8.78. The second-order valence-corrected chi connectivity index (χ2v) is 8.10. The maximum Gasteiger partial charge on any atom is 0.311 e. The summed E-state index contributed by atoms with van der Waals surface area (Å²) in [6.45, 7) is 5.70. The molecule has 0 unspecified atom stereocenters. The van der Waals surface area contributed by atoms with Gasteiger partial charge in [-0.15, -0.1) is 0 Å². The highest BCUT2D eigenvalue weighted by Crippen LogP contribution is 2.27. The van der Waals surface area contributed by atoms with Crippen molar-refractivity contribution in [1.82, 2.24) is 0 Å². The molecule has 1 saturated heterocycles. The van der Waals surface area contributed by atoms with Gasteiger partial charge in [0.2, 0.25) is 5.91 Å². The number of carbonyl (C=O) groups is 3. The molecule has 1 heterocycles. The van der Waals surface area contributed by atoms with Crippen molar-refractivity contribution >= 4 is 45.1 Å². The molecule has 2 aromatic carbocycles. The van der Waals surface area contributed by atoms with E-state index in [2.05, 4.69) is 21.2 Å². The lowest BCUT2D eigenvalue weighted by Crippen LogP contribution is -2.28. The minimum Gasteiger partial charge on any atom is -0.455 e. The van der Waals surface area contributed by atoms with Crippen LogP contribution in [0, 0.1) is 26.7 Å². The third kappa shape index (κ3) is 4.85. The predicted octanol–water partition coefficient (Wildman–Crippen LogP) is 3.91. The van der Waals surface area contributed by atoms with E-state index < -0.39 is 17.8 Å². The zero-order valence-electron chi connectivity index (χ0n) is 16.6. The molecule has 1 atom stereocenters. The van der Waals surface area contributed by atoms with Gasteiger partial charge in [-0.1, -0.05) is 33.6 Å². The van der Waals surface area contributed by atoms with Crippen LogP contribution in [0.15, 0.2) is 40.9 Å². The van der Waals surface area contributed by atoms with E-state index in [4.69, 9.17) is 4.74 Å². The third-order valence-electron chi connectivity index (χ3n) is 5.14. The molecule has 1 aliphatic rings. The normalized spacial score (nSPS) is 16.1. The lowest BCUT2D eigenvalue weighted by molar-refractivity contribution is -0.151. The Hall–Kier alpha value is -2.67. The molecule has 152 valence electrons. The number of esters is 1. The highest BCUT2D eigenvalue weighted by Gasteiger charge is 2.36. The molecule has 1 aliphatic heterocycles. The summed E-state index contributed by atoms with van der Waals surface area (Å²) in [6, 6.07) is 11.2. The minimum atomic E-state index is -0.576. The van der Waals surface area contributed by atoms with Gasteiger partial charge in [0.1, 0.15) is 0 Å². The molecule has 0 bridgehead atoms. The van der Waals surface area contributed by atoms with Crippen molar-refractivity contribution in [3.63, 3.8) is 0 Å². The average Bonchev–Trinajstić information content (AvgIpc) is 3.09. The van der Waals surface area contributed by atoms with E-state index in [1.807, 2.05) is 51.1 Å². The van der Waals surface area contributed by atoms with E-state index in [1.165, 1.54) is 0 Å². The molecule has 0 aliphatic carbocycles. The van der Waals surface area contributed by atoms with Crippen LogP contribution in [0.4, 0.5) is 11.4 Å². The molecule has 2 aromatic rings. The first-order chi connectivity index (χ1) is 13.8. The molecule has 0 spiro atoms. The van der Waals surface area contributed by atoms with Gasteiger partial charge in [-0.25, -0.2) is 0 Å². The third-order valence-corrected chi connectivity index (χ3v) is 6.00. The molecule has 7 heteroatoms. The zero-order chi connectivity index (χ0) is 21.1. The number of carbonyl (C=O) groups excluding carboxylic acids is 3. The summed E-state index contributed by atoms with van der Waals surface area (Å²) in [5.74, 6) is -1.65. The van der Waals surface area contributed by atoms with Gasteiger partial charge in [-0.2, -0.15) is 0 Å². The maximum atomic E-state index is 12.4. The number of hydrogen-bond acceptors (Lipinski definition) is 4. The first-order valence-electron chi connectivity index (χ1n) is 9.35. The van der Waals surface area contributed by atoms with Crippen LogP contribution in [0.2, 0.25) is 0 Å². The average molecular weight is 459 g/mol. The summed E-state index contributed by atoms with van der Waals surface area (Å²) in [7, 11) is 0. The van der Waals surface area contributed by atoms with Gasteiger partial charge in [0.05, 0.1) is 5.92 Å². The SMILES string of the molecule is Cc1ccc(N2C[C@H](C(=O)OCC(=O)Nc3ccc(Br)c(C)c3C)CC2=O)cc1. The van der Waals surface area contributed by atoms with Gasteiger partial charge in [-0.3, -0.25) is 14.4 Å². The molecule has 29 heavy (non-hydrogen) atoms. The maximum absolute atomic E-state index is 12.4. The number of ether oxygens (including phenoxy) is 1. The molecule has 1 N–H and O–H groups in total. The van der Waals surface area contributed by atoms with Crippen molar-refractivity contribution in [2.24, 2.45) is 5.92 Å².